The zero-order valence-electron chi connectivity index (χ0n) is 11.9. The minimum absolute atomic E-state index is 0.192. The maximum atomic E-state index is 11.6. The average Bonchev–Trinajstić information content (AvgIpc) is 2.39. The van der Waals surface area contributed by atoms with Gasteiger partial charge in [0.15, 0.2) is 0 Å². The lowest BCUT2D eigenvalue weighted by Crippen LogP contribution is -2.28. The molecule has 0 bridgehead atoms. The van der Waals surface area contributed by atoms with Crippen molar-refractivity contribution >= 4 is 11.9 Å². The SMILES string of the molecule is C=C(CC=C(C)C(=O)O)C(=O)OCCN(CC)CC. The summed E-state index contributed by atoms with van der Waals surface area (Å²) >= 11 is 0. The first-order valence-corrected chi connectivity index (χ1v) is 6.39. The average molecular weight is 269 g/mol. The number of carbonyl (C=O) groups excluding carboxylic acids is 1. The Labute approximate surface area is 114 Å². The van der Waals surface area contributed by atoms with Gasteiger partial charge in [0, 0.05) is 17.7 Å². The summed E-state index contributed by atoms with van der Waals surface area (Å²) in [6.45, 7) is 12.0. The van der Waals surface area contributed by atoms with Gasteiger partial charge in [0.05, 0.1) is 0 Å². The molecule has 0 saturated heterocycles. The van der Waals surface area contributed by atoms with Gasteiger partial charge in [0.25, 0.3) is 0 Å². The quantitative estimate of drug-likeness (QED) is 0.511. The van der Waals surface area contributed by atoms with Crippen molar-refractivity contribution in [1.82, 2.24) is 4.90 Å². The van der Waals surface area contributed by atoms with E-state index in [1.807, 2.05) is 13.8 Å². The third kappa shape index (κ3) is 7.41. The van der Waals surface area contributed by atoms with Gasteiger partial charge >= 0.3 is 11.9 Å². The van der Waals surface area contributed by atoms with Gasteiger partial charge in [-0.1, -0.05) is 26.5 Å². The minimum atomic E-state index is -0.997. The summed E-state index contributed by atoms with van der Waals surface area (Å²) in [6.07, 6.45) is 1.65. The smallest absolute Gasteiger partial charge is 0.333 e. The van der Waals surface area contributed by atoms with E-state index in [2.05, 4.69) is 11.5 Å². The number of nitrogens with zero attached hydrogens (tertiary/aromatic N) is 1. The monoisotopic (exact) mass is 269 g/mol. The molecule has 0 aromatic rings. The Hall–Kier alpha value is -1.62. The van der Waals surface area contributed by atoms with Gasteiger partial charge < -0.3 is 14.7 Å². The second-order valence-corrected chi connectivity index (χ2v) is 4.16. The van der Waals surface area contributed by atoms with E-state index in [0.717, 1.165) is 13.1 Å². The van der Waals surface area contributed by atoms with E-state index in [-0.39, 0.29) is 17.6 Å². The zero-order valence-corrected chi connectivity index (χ0v) is 11.9. The number of allylic oxidation sites excluding steroid dienone is 1. The molecule has 0 rings (SSSR count). The van der Waals surface area contributed by atoms with Crippen LogP contribution < -0.4 is 0 Å². The summed E-state index contributed by atoms with van der Waals surface area (Å²) in [5.74, 6) is -1.47. The maximum absolute atomic E-state index is 11.6. The van der Waals surface area contributed by atoms with Crippen LogP contribution in [-0.2, 0) is 14.3 Å². The molecule has 0 aromatic heterocycles. The topological polar surface area (TPSA) is 66.8 Å². The molecule has 0 aromatic carbocycles. The first-order chi connectivity index (χ1) is 8.92. The molecule has 0 spiro atoms. The van der Waals surface area contributed by atoms with Gasteiger partial charge in [-0.3, -0.25) is 0 Å². The van der Waals surface area contributed by atoms with Crippen molar-refractivity contribution < 1.29 is 19.4 Å². The van der Waals surface area contributed by atoms with Crippen molar-refractivity contribution in [3.05, 3.63) is 23.8 Å². The number of likely N-dealkylation sites (N-methyl/N-ethyl adjacent to an activating group) is 1. The molecule has 0 aliphatic heterocycles. The number of carbonyl (C=O) groups is 2. The Morgan fingerprint density at radius 3 is 2.37 bits per heavy atom. The summed E-state index contributed by atoms with van der Waals surface area (Å²) in [5.41, 5.74) is 0.456. The van der Waals surface area contributed by atoms with Crippen molar-refractivity contribution in [2.24, 2.45) is 0 Å². The van der Waals surface area contributed by atoms with Gasteiger partial charge in [-0.2, -0.15) is 0 Å². The van der Waals surface area contributed by atoms with Crippen molar-refractivity contribution in [3.63, 3.8) is 0 Å². The Bertz CT molecular complexity index is 356. The van der Waals surface area contributed by atoms with Gasteiger partial charge in [0.2, 0.25) is 0 Å². The molecule has 19 heavy (non-hydrogen) atoms. The van der Waals surface area contributed by atoms with Crippen LogP contribution in [0.15, 0.2) is 23.8 Å². The molecular weight excluding hydrogens is 246 g/mol. The molecule has 0 heterocycles. The summed E-state index contributed by atoms with van der Waals surface area (Å²) in [6, 6.07) is 0. The molecule has 0 unspecified atom stereocenters. The van der Waals surface area contributed by atoms with E-state index in [4.69, 9.17) is 9.84 Å². The van der Waals surface area contributed by atoms with Crippen LogP contribution in [0.3, 0.4) is 0 Å². The lowest BCUT2D eigenvalue weighted by atomic mass is 10.1. The molecule has 0 aliphatic rings. The highest BCUT2D eigenvalue weighted by atomic mass is 16.5. The predicted molar refractivity (Wildman–Crippen MR) is 73.9 cm³/mol. The normalized spacial score (nSPS) is 11.5. The fraction of sp³-hybridized carbons (Fsp3) is 0.571. The van der Waals surface area contributed by atoms with Gasteiger partial charge in [-0.25, -0.2) is 9.59 Å². The van der Waals surface area contributed by atoms with Crippen LogP contribution in [0.4, 0.5) is 0 Å². The molecule has 0 fully saturated rings. The molecule has 0 amide bonds. The van der Waals surface area contributed by atoms with Crippen LogP contribution in [0.5, 0.6) is 0 Å². The highest BCUT2D eigenvalue weighted by Crippen LogP contribution is 2.05. The number of hydrogen-bond donors (Lipinski definition) is 1. The van der Waals surface area contributed by atoms with Crippen LogP contribution in [0, 0.1) is 0 Å². The molecule has 108 valence electrons. The first-order valence-electron chi connectivity index (χ1n) is 6.39. The van der Waals surface area contributed by atoms with Crippen LogP contribution in [0.25, 0.3) is 0 Å². The largest absolute Gasteiger partial charge is 0.478 e. The highest BCUT2D eigenvalue weighted by Gasteiger charge is 2.09. The van der Waals surface area contributed by atoms with E-state index in [1.54, 1.807) is 0 Å². The fourth-order valence-electron chi connectivity index (χ4n) is 1.36. The molecule has 1 N–H and O–H groups in total. The summed E-state index contributed by atoms with van der Waals surface area (Å²) < 4.78 is 5.07. The van der Waals surface area contributed by atoms with Crippen molar-refractivity contribution in [3.8, 4) is 0 Å². The lowest BCUT2D eigenvalue weighted by Gasteiger charge is -2.17. The fourth-order valence-corrected chi connectivity index (χ4v) is 1.36. The van der Waals surface area contributed by atoms with Crippen molar-refractivity contribution in [1.29, 1.82) is 0 Å². The third-order valence-corrected chi connectivity index (χ3v) is 2.82. The van der Waals surface area contributed by atoms with Gasteiger partial charge in [0.1, 0.15) is 6.61 Å². The van der Waals surface area contributed by atoms with Crippen molar-refractivity contribution in [2.45, 2.75) is 27.2 Å². The molecular formula is C14H23NO4. The van der Waals surface area contributed by atoms with Gasteiger partial charge in [-0.05, 0) is 26.4 Å². The summed E-state index contributed by atoms with van der Waals surface area (Å²) in [7, 11) is 0. The van der Waals surface area contributed by atoms with E-state index >= 15 is 0 Å². The number of rotatable bonds is 9. The van der Waals surface area contributed by atoms with E-state index in [0.29, 0.717) is 13.2 Å². The standard InChI is InChI=1S/C14H23NO4/c1-5-15(6-2)9-10-19-14(18)12(4)8-7-11(3)13(16)17/h7H,4-6,8-10H2,1-3H3,(H,16,17). The number of aliphatic carboxylic acids is 1. The van der Waals surface area contributed by atoms with E-state index < -0.39 is 11.9 Å². The Kier molecular flexibility index (Phi) is 8.53. The first kappa shape index (κ1) is 17.4. The van der Waals surface area contributed by atoms with Crippen LogP contribution >= 0.6 is 0 Å². The molecule has 0 saturated carbocycles. The second-order valence-electron chi connectivity index (χ2n) is 4.16. The molecule has 0 atom stereocenters. The number of ether oxygens (including phenoxy) is 1. The van der Waals surface area contributed by atoms with Crippen LogP contribution in [-0.4, -0.2) is 48.2 Å². The molecule has 0 radical (unpaired) electrons. The molecule has 0 aliphatic carbocycles. The zero-order chi connectivity index (χ0) is 14.8. The van der Waals surface area contributed by atoms with Crippen molar-refractivity contribution in [2.75, 3.05) is 26.2 Å². The number of hydrogen-bond acceptors (Lipinski definition) is 4. The maximum Gasteiger partial charge on any atom is 0.333 e. The Morgan fingerprint density at radius 2 is 1.89 bits per heavy atom. The minimum Gasteiger partial charge on any atom is -0.478 e. The Balaban J connectivity index is 4.05. The Morgan fingerprint density at radius 1 is 1.32 bits per heavy atom. The predicted octanol–water partition coefficient (Wildman–Crippen LogP) is 1.85. The van der Waals surface area contributed by atoms with E-state index in [9.17, 15) is 9.59 Å². The number of carboxylic acid groups (broad SMARTS) is 1. The number of carboxylic acids is 1. The van der Waals surface area contributed by atoms with Crippen LogP contribution in [0.1, 0.15) is 27.2 Å². The van der Waals surface area contributed by atoms with Gasteiger partial charge in [-0.15, -0.1) is 0 Å². The van der Waals surface area contributed by atoms with E-state index in [1.165, 1.54) is 13.0 Å². The van der Waals surface area contributed by atoms with Crippen LogP contribution in [0.2, 0.25) is 0 Å². The second kappa shape index (κ2) is 9.33. The molecule has 5 nitrogen and oxygen atoms in total. The summed E-state index contributed by atoms with van der Waals surface area (Å²) in [5, 5.41) is 8.67. The lowest BCUT2D eigenvalue weighted by molar-refractivity contribution is -0.139. The highest BCUT2D eigenvalue weighted by molar-refractivity contribution is 5.89. The number of esters is 1. The summed E-state index contributed by atoms with van der Waals surface area (Å²) in [4.78, 5) is 24.3. The molecule has 5 heteroatoms. The third-order valence-electron chi connectivity index (χ3n) is 2.82.